The molecule has 0 fully saturated rings. The van der Waals surface area contributed by atoms with Crippen LogP contribution in [0.25, 0.3) is 0 Å². The average molecular weight is 318 g/mol. The molecule has 0 aliphatic heterocycles. The molecule has 0 aromatic heterocycles. The molecule has 2 aromatic rings. The highest BCUT2D eigenvalue weighted by molar-refractivity contribution is 7.87. The molecule has 0 aliphatic rings. The van der Waals surface area contributed by atoms with Crippen molar-refractivity contribution < 1.29 is 30.5 Å². The lowest BCUT2D eigenvalue weighted by Crippen LogP contribution is -2.12. The maximum atomic E-state index is 13.5. The number of methoxy groups -OCH3 is 1. The number of halogens is 3. The predicted molar refractivity (Wildman–Crippen MR) is 67.1 cm³/mol. The van der Waals surface area contributed by atoms with E-state index in [-0.39, 0.29) is 17.9 Å². The molecule has 0 aliphatic carbocycles. The Morgan fingerprint density at radius 3 is 1.95 bits per heavy atom. The molecular weight excluding hydrogens is 309 g/mol. The van der Waals surface area contributed by atoms with Crippen LogP contribution in [0, 0.1) is 17.5 Å². The smallest absolute Gasteiger partial charge is 0.342 e. The van der Waals surface area contributed by atoms with Gasteiger partial charge < -0.3 is 8.92 Å². The van der Waals surface area contributed by atoms with Crippen LogP contribution in [-0.2, 0) is 10.1 Å². The van der Waals surface area contributed by atoms with Crippen molar-refractivity contribution in [1.82, 2.24) is 0 Å². The van der Waals surface area contributed by atoms with Gasteiger partial charge in [-0.25, -0.2) is 13.2 Å². The first kappa shape index (κ1) is 15.2. The van der Waals surface area contributed by atoms with Crippen LogP contribution >= 0.6 is 0 Å². The highest BCUT2D eigenvalue weighted by Gasteiger charge is 2.24. The van der Waals surface area contributed by atoms with E-state index in [0.717, 1.165) is 0 Å². The predicted octanol–water partition coefficient (Wildman–Crippen LogP) is 2.88. The molecule has 2 aromatic carbocycles. The lowest BCUT2D eigenvalue weighted by molar-refractivity contribution is 0.413. The van der Waals surface area contributed by atoms with Gasteiger partial charge in [0.05, 0.1) is 7.11 Å². The van der Waals surface area contributed by atoms with E-state index in [1.165, 1.54) is 31.4 Å². The summed E-state index contributed by atoms with van der Waals surface area (Å²) in [6, 6.07) is 5.75. The van der Waals surface area contributed by atoms with Crippen molar-refractivity contribution in [2.75, 3.05) is 7.11 Å². The van der Waals surface area contributed by atoms with Crippen LogP contribution in [-0.4, -0.2) is 15.5 Å². The van der Waals surface area contributed by atoms with Gasteiger partial charge in [0, 0.05) is 12.1 Å². The van der Waals surface area contributed by atoms with Crippen LogP contribution in [0.3, 0.4) is 0 Å². The van der Waals surface area contributed by atoms with Crippen molar-refractivity contribution in [1.29, 1.82) is 0 Å². The molecule has 0 N–H and O–H groups in total. The van der Waals surface area contributed by atoms with Gasteiger partial charge in [-0.3, -0.25) is 0 Å². The van der Waals surface area contributed by atoms with Crippen molar-refractivity contribution in [3.05, 3.63) is 53.8 Å². The number of rotatable bonds is 4. The minimum Gasteiger partial charge on any atom is -0.497 e. The minimum atomic E-state index is -4.63. The Morgan fingerprint density at radius 1 is 0.857 bits per heavy atom. The molecule has 0 spiro atoms. The molecule has 0 saturated carbocycles. The maximum Gasteiger partial charge on any atom is 0.342 e. The second-order valence-electron chi connectivity index (χ2n) is 3.91. The highest BCUT2D eigenvalue weighted by Crippen LogP contribution is 2.24. The summed E-state index contributed by atoms with van der Waals surface area (Å²) in [5.74, 6) is -4.09. The summed E-state index contributed by atoms with van der Waals surface area (Å²) in [4.78, 5) is -1.09. The largest absolute Gasteiger partial charge is 0.497 e. The van der Waals surface area contributed by atoms with E-state index in [1.54, 1.807) is 0 Å². The van der Waals surface area contributed by atoms with Crippen molar-refractivity contribution in [2.45, 2.75) is 4.90 Å². The average Bonchev–Trinajstić information content (AvgIpc) is 2.43. The second-order valence-corrected chi connectivity index (χ2v) is 5.42. The fourth-order valence-corrected chi connectivity index (χ4v) is 2.50. The summed E-state index contributed by atoms with van der Waals surface area (Å²) in [5.41, 5.74) is 0. The van der Waals surface area contributed by atoms with Crippen molar-refractivity contribution in [3.63, 3.8) is 0 Å². The number of ether oxygens (including phenoxy) is 1. The zero-order chi connectivity index (χ0) is 15.6. The van der Waals surface area contributed by atoms with Gasteiger partial charge in [0.25, 0.3) is 0 Å². The minimum absolute atomic E-state index is 0.125. The lowest BCUT2D eigenvalue weighted by Gasteiger charge is -2.08. The summed E-state index contributed by atoms with van der Waals surface area (Å²) in [6.45, 7) is 0. The van der Waals surface area contributed by atoms with Gasteiger partial charge in [0.1, 0.15) is 22.2 Å². The molecule has 8 heteroatoms. The Bertz CT molecular complexity index is 758. The normalized spacial score (nSPS) is 11.2. The molecule has 0 amide bonds. The van der Waals surface area contributed by atoms with Crippen LogP contribution in [0.15, 0.2) is 41.3 Å². The maximum absolute atomic E-state index is 13.5. The summed E-state index contributed by atoms with van der Waals surface area (Å²) in [6.07, 6.45) is 0. The van der Waals surface area contributed by atoms with Gasteiger partial charge in [-0.05, 0) is 24.3 Å². The standard InChI is InChI=1S/C13H9F3O4S/c1-19-8-2-4-9(5-3-8)20-21(17,18)13-7-11(15)10(14)6-12(13)16/h2-7H,1H3. The lowest BCUT2D eigenvalue weighted by atomic mass is 10.3. The van der Waals surface area contributed by atoms with Gasteiger partial charge in [-0.15, -0.1) is 0 Å². The molecule has 0 bridgehead atoms. The van der Waals surface area contributed by atoms with Crippen molar-refractivity contribution in [2.24, 2.45) is 0 Å². The molecule has 0 unspecified atom stereocenters. The molecule has 0 atom stereocenters. The molecule has 0 heterocycles. The summed E-state index contributed by atoms with van der Waals surface area (Å²) < 4.78 is 72.5. The van der Waals surface area contributed by atoms with Gasteiger partial charge in [0.2, 0.25) is 0 Å². The van der Waals surface area contributed by atoms with Gasteiger partial charge in [-0.1, -0.05) is 0 Å². The fourth-order valence-electron chi connectivity index (χ4n) is 1.50. The van der Waals surface area contributed by atoms with E-state index < -0.39 is 32.5 Å². The number of hydrogen-bond acceptors (Lipinski definition) is 4. The third-order valence-electron chi connectivity index (χ3n) is 2.51. The number of hydrogen-bond donors (Lipinski definition) is 0. The Morgan fingerprint density at radius 2 is 1.38 bits per heavy atom. The summed E-state index contributed by atoms with van der Waals surface area (Å²) >= 11 is 0. The third kappa shape index (κ3) is 3.27. The second kappa shape index (κ2) is 5.65. The van der Waals surface area contributed by atoms with Gasteiger partial charge in [0.15, 0.2) is 11.6 Å². The Balaban J connectivity index is 2.35. The van der Waals surface area contributed by atoms with Gasteiger partial charge >= 0.3 is 10.1 Å². The molecule has 0 radical (unpaired) electrons. The monoisotopic (exact) mass is 318 g/mol. The van der Waals surface area contributed by atoms with E-state index >= 15 is 0 Å². The highest BCUT2D eigenvalue weighted by atomic mass is 32.2. The topological polar surface area (TPSA) is 52.6 Å². The van der Waals surface area contributed by atoms with Crippen LogP contribution in [0.5, 0.6) is 11.5 Å². The van der Waals surface area contributed by atoms with Crippen LogP contribution < -0.4 is 8.92 Å². The van der Waals surface area contributed by atoms with E-state index in [4.69, 9.17) is 4.74 Å². The van der Waals surface area contributed by atoms with Crippen molar-refractivity contribution >= 4 is 10.1 Å². The van der Waals surface area contributed by atoms with E-state index in [9.17, 15) is 21.6 Å². The zero-order valence-corrected chi connectivity index (χ0v) is 11.5. The Labute approximate surface area is 118 Å². The first-order valence-corrected chi connectivity index (χ1v) is 6.97. The Hall–Kier alpha value is -2.22. The van der Waals surface area contributed by atoms with Crippen LogP contribution in [0.1, 0.15) is 0 Å². The van der Waals surface area contributed by atoms with Crippen molar-refractivity contribution in [3.8, 4) is 11.5 Å². The molecule has 112 valence electrons. The van der Waals surface area contributed by atoms with E-state index in [1.807, 2.05) is 0 Å². The first-order chi connectivity index (χ1) is 9.83. The quantitative estimate of drug-likeness (QED) is 0.642. The SMILES string of the molecule is COc1ccc(OS(=O)(=O)c2cc(F)c(F)cc2F)cc1. The fraction of sp³-hybridized carbons (Fsp3) is 0.0769. The third-order valence-corrected chi connectivity index (χ3v) is 3.77. The molecule has 21 heavy (non-hydrogen) atoms. The Kier molecular flexibility index (Phi) is 4.08. The summed E-state index contributed by atoms with van der Waals surface area (Å²) in [7, 11) is -3.21. The van der Waals surface area contributed by atoms with Crippen LogP contribution in [0.2, 0.25) is 0 Å². The zero-order valence-electron chi connectivity index (χ0n) is 10.6. The molecule has 2 rings (SSSR count). The summed E-state index contributed by atoms with van der Waals surface area (Å²) in [5, 5.41) is 0. The van der Waals surface area contributed by atoms with Gasteiger partial charge in [-0.2, -0.15) is 8.42 Å². The molecular formula is C13H9F3O4S. The molecule has 0 saturated heterocycles. The van der Waals surface area contributed by atoms with Crippen LogP contribution in [0.4, 0.5) is 13.2 Å². The first-order valence-electron chi connectivity index (χ1n) is 5.56. The molecule has 4 nitrogen and oxygen atoms in total. The van der Waals surface area contributed by atoms with E-state index in [2.05, 4.69) is 4.18 Å². The van der Waals surface area contributed by atoms with E-state index in [0.29, 0.717) is 5.75 Å². The number of benzene rings is 2.